The van der Waals surface area contributed by atoms with Crippen LogP contribution in [0.3, 0.4) is 0 Å². The third-order valence-electron chi connectivity index (χ3n) is 5.81. The normalized spacial score (nSPS) is 14.6. The molecular formula is C24H27N9O. The average Bonchev–Trinajstić information content (AvgIpc) is 3.35. The minimum atomic E-state index is -0.0976. The quantitative estimate of drug-likeness (QED) is 0.403. The number of pyridine rings is 2. The summed E-state index contributed by atoms with van der Waals surface area (Å²) in [5.41, 5.74) is 2.44. The highest BCUT2D eigenvalue weighted by Crippen LogP contribution is 2.22. The Morgan fingerprint density at radius 3 is 2.74 bits per heavy atom. The highest BCUT2D eigenvalue weighted by molar-refractivity contribution is 5.95. The summed E-state index contributed by atoms with van der Waals surface area (Å²) in [5, 5.41) is 16.7. The number of anilines is 1. The molecule has 4 aromatic rings. The van der Waals surface area contributed by atoms with Crippen molar-refractivity contribution in [2.24, 2.45) is 0 Å². The molecule has 10 heteroatoms. The molecule has 174 valence electrons. The van der Waals surface area contributed by atoms with Crippen LogP contribution in [0.25, 0.3) is 22.2 Å². The summed E-state index contributed by atoms with van der Waals surface area (Å²) >= 11 is 0. The molecular weight excluding hydrogens is 430 g/mol. The van der Waals surface area contributed by atoms with E-state index in [1.807, 2.05) is 30.7 Å². The van der Waals surface area contributed by atoms with E-state index in [0.29, 0.717) is 28.6 Å². The smallest absolute Gasteiger partial charge is 0.190 e. The number of hydrogen-bond acceptors (Lipinski definition) is 9. The van der Waals surface area contributed by atoms with Gasteiger partial charge in [0.15, 0.2) is 5.78 Å². The van der Waals surface area contributed by atoms with Crippen LogP contribution in [0.15, 0.2) is 43.1 Å². The van der Waals surface area contributed by atoms with E-state index in [4.69, 9.17) is 0 Å². The molecule has 0 bridgehead atoms. The number of piperidine rings is 1. The number of nitrogens with one attached hydrogen (secondary N) is 2. The van der Waals surface area contributed by atoms with Gasteiger partial charge in [0.1, 0.15) is 17.2 Å². The first kappa shape index (κ1) is 22.0. The van der Waals surface area contributed by atoms with Gasteiger partial charge in [-0.1, -0.05) is 5.21 Å². The number of carbonyl (C=O) groups is 1. The van der Waals surface area contributed by atoms with Crippen LogP contribution in [0, 0.1) is 0 Å². The number of carbonyl (C=O) groups excluding carboxylic acids is 1. The fourth-order valence-corrected chi connectivity index (χ4v) is 4.08. The van der Waals surface area contributed by atoms with Crippen LogP contribution in [0.5, 0.6) is 0 Å². The zero-order valence-electron chi connectivity index (χ0n) is 19.3. The van der Waals surface area contributed by atoms with Crippen LogP contribution >= 0.6 is 0 Å². The van der Waals surface area contributed by atoms with Gasteiger partial charge in [-0.25, -0.2) is 9.67 Å². The summed E-state index contributed by atoms with van der Waals surface area (Å²) in [6.07, 6.45) is 10.8. The fourth-order valence-electron chi connectivity index (χ4n) is 4.08. The minimum absolute atomic E-state index is 0.0976. The van der Waals surface area contributed by atoms with Gasteiger partial charge in [0.2, 0.25) is 0 Å². The van der Waals surface area contributed by atoms with Crippen LogP contribution in [-0.2, 0) is 6.42 Å². The van der Waals surface area contributed by atoms with Crippen molar-refractivity contribution in [2.75, 3.05) is 18.4 Å². The first-order valence-electron chi connectivity index (χ1n) is 11.5. The molecule has 0 amide bonds. The molecule has 1 saturated heterocycles. The number of hydrogen-bond donors (Lipinski definition) is 2. The van der Waals surface area contributed by atoms with E-state index < -0.39 is 0 Å². The molecule has 0 atom stereocenters. The molecule has 1 fully saturated rings. The van der Waals surface area contributed by atoms with Crippen molar-refractivity contribution in [3.63, 3.8) is 0 Å². The van der Waals surface area contributed by atoms with Crippen molar-refractivity contribution in [2.45, 2.75) is 45.2 Å². The van der Waals surface area contributed by atoms with Gasteiger partial charge in [0, 0.05) is 29.5 Å². The Kier molecular flexibility index (Phi) is 6.22. The predicted octanol–water partition coefficient (Wildman–Crippen LogP) is 2.85. The van der Waals surface area contributed by atoms with E-state index in [2.05, 4.69) is 40.9 Å². The molecule has 0 aliphatic carbocycles. The van der Waals surface area contributed by atoms with E-state index >= 15 is 0 Å². The van der Waals surface area contributed by atoms with Gasteiger partial charge in [0.25, 0.3) is 0 Å². The second-order valence-electron chi connectivity index (χ2n) is 8.85. The monoisotopic (exact) mass is 457 g/mol. The number of nitrogens with zero attached hydrogens (tertiary/aromatic N) is 7. The summed E-state index contributed by atoms with van der Waals surface area (Å²) in [6.45, 7) is 6.00. The predicted molar refractivity (Wildman–Crippen MR) is 129 cm³/mol. The van der Waals surface area contributed by atoms with Crippen LogP contribution in [0.2, 0.25) is 0 Å². The Morgan fingerprint density at radius 2 is 1.91 bits per heavy atom. The molecule has 34 heavy (non-hydrogen) atoms. The lowest BCUT2D eigenvalue weighted by molar-refractivity contribution is 0.0987. The van der Waals surface area contributed by atoms with Crippen molar-refractivity contribution in [1.29, 1.82) is 0 Å². The molecule has 5 rings (SSSR count). The van der Waals surface area contributed by atoms with Gasteiger partial charge in [-0.3, -0.25) is 19.7 Å². The molecule has 0 aromatic carbocycles. The Hall–Kier alpha value is -3.79. The Balaban J connectivity index is 1.34. The maximum Gasteiger partial charge on any atom is 0.190 e. The lowest BCUT2D eigenvalue weighted by atomic mass is 10.1. The van der Waals surface area contributed by atoms with E-state index in [9.17, 15) is 4.79 Å². The van der Waals surface area contributed by atoms with Crippen molar-refractivity contribution >= 4 is 22.4 Å². The Labute approximate surface area is 197 Å². The van der Waals surface area contributed by atoms with Gasteiger partial charge >= 0.3 is 0 Å². The second-order valence-corrected chi connectivity index (χ2v) is 8.85. The van der Waals surface area contributed by atoms with E-state index in [1.54, 1.807) is 31.0 Å². The van der Waals surface area contributed by atoms with Gasteiger partial charge < -0.3 is 10.6 Å². The molecule has 1 aliphatic heterocycles. The van der Waals surface area contributed by atoms with Crippen molar-refractivity contribution in [3.8, 4) is 11.4 Å². The first-order chi connectivity index (χ1) is 16.5. The third-order valence-corrected chi connectivity index (χ3v) is 5.81. The number of Topliss-reactive ketones (excluding diaryl/α,β-unsaturated/α-hetero) is 1. The molecule has 4 aromatic heterocycles. The maximum atomic E-state index is 12.9. The average molecular weight is 458 g/mol. The summed E-state index contributed by atoms with van der Waals surface area (Å²) in [6, 6.07) is 4.40. The standard InChI is InChI=1S/C24H27N9O/c1-15(2)29-24-13-26-12-21(30-24)20-8-16-7-18(27-10-17(16)11-28-20)9-23(34)22-14-33(32-31-22)19-3-5-25-6-4-19/h7-8,10-15,19,25H,3-6,9H2,1-2H3,(H,29,30). The number of aromatic nitrogens is 7. The zero-order valence-corrected chi connectivity index (χ0v) is 19.3. The zero-order chi connectivity index (χ0) is 23.5. The summed E-state index contributed by atoms with van der Waals surface area (Å²) in [7, 11) is 0. The van der Waals surface area contributed by atoms with E-state index in [0.717, 1.165) is 36.7 Å². The largest absolute Gasteiger partial charge is 0.367 e. The SMILES string of the molecule is CC(C)Nc1cncc(-c2cc3cc(CC(=O)c4cn(C5CCNCC5)nn4)ncc3cn2)n1. The molecule has 0 radical (unpaired) electrons. The second kappa shape index (κ2) is 9.60. The highest BCUT2D eigenvalue weighted by Gasteiger charge is 2.19. The molecule has 5 heterocycles. The van der Waals surface area contributed by atoms with Crippen molar-refractivity contribution < 1.29 is 4.79 Å². The third kappa shape index (κ3) is 4.91. The molecule has 0 spiro atoms. The summed E-state index contributed by atoms with van der Waals surface area (Å²) in [4.78, 5) is 30.7. The van der Waals surface area contributed by atoms with Crippen LogP contribution in [0.4, 0.5) is 5.82 Å². The summed E-state index contributed by atoms with van der Waals surface area (Å²) < 4.78 is 1.82. The van der Waals surface area contributed by atoms with Gasteiger partial charge in [-0.05, 0) is 57.3 Å². The lowest BCUT2D eigenvalue weighted by Crippen LogP contribution is -2.29. The molecule has 2 N–H and O–H groups in total. The number of rotatable bonds is 7. The van der Waals surface area contributed by atoms with Gasteiger partial charge in [0.05, 0.1) is 36.7 Å². The van der Waals surface area contributed by atoms with Crippen LogP contribution < -0.4 is 10.6 Å². The minimum Gasteiger partial charge on any atom is -0.367 e. The molecule has 0 unspecified atom stereocenters. The van der Waals surface area contributed by atoms with Crippen LogP contribution in [-0.4, -0.2) is 59.8 Å². The van der Waals surface area contributed by atoms with Crippen LogP contribution in [0.1, 0.15) is 48.9 Å². The topological polar surface area (TPSA) is 123 Å². The first-order valence-corrected chi connectivity index (χ1v) is 11.5. The van der Waals surface area contributed by atoms with Crippen molar-refractivity contribution in [3.05, 3.63) is 54.5 Å². The Morgan fingerprint density at radius 1 is 1.09 bits per heavy atom. The highest BCUT2D eigenvalue weighted by atomic mass is 16.1. The summed E-state index contributed by atoms with van der Waals surface area (Å²) in [5.74, 6) is 0.604. The van der Waals surface area contributed by atoms with Gasteiger partial charge in [-0.15, -0.1) is 5.10 Å². The number of ketones is 1. The van der Waals surface area contributed by atoms with Gasteiger partial charge in [-0.2, -0.15) is 0 Å². The lowest BCUT2D eigenvalue weighted by Gasteiger charge is -2.22. The van der Waals surface area contributed by atoms with Crippen molar-refractivity contribution in [1.82, 2.24) is 40.2 Å². The molecule has 10 nitrogen and oxygen atoms in total. The molecule has 0 saturated carbocycles. The van der Waals surface area contributed by atoms with E-state index in [1.165, 1.54) is 0 Å². The Bertz CT molecular complexity index is 1310. The van der Waals surface area contributed by atoms with E-state index in [-0.39, 0.29) is 24.3 Å². The number of fused-ring (bicyclic) bond motifs is 1. The fraction of sp³-hybridized carbons (Fsp3) is 0.375. The molecule has 1 aliphatic rings. The maximum absolute atomic E-state index is 12.9.